The first-order valence-electron chi connectivity index (χ1n) is 10.0. The fraction of sp³-hybridized carbons (Fsp3) is 0.167. The maximum Gasteiger partial charge on any atom is 1.00 e. The second-order valence-electron chi connectivity index (χ2n) is 7.35. The second-order valence-corrected chi connectivity index (χ2v) is 7.35. The number of amides is 1. The number of anilines is 2. The Hall–Kier alpha value is -3.42. The van der Waals surface area contributed by atoms with Crippen LogP contribution in [0.15, 0.2) is 48.5 Å². The van der Waals surface area contributed by atoms with E-state index in [9.17, 15) is 30.2 Å². The molecule has 0 radical (unpaired) electrons. The SMILES string of the molecule is Cc1c(-c2ccccc2O)nc(N)c(C#N)c1-c1cccc(NC(=O)C(O)CCC(=O)[O-])c1.[Na+]. The minimum absolute atomic E-state index is 0. The maximum atomic E-state index is 12.2. The Morgan fingerprint density at radius 1 is 1.24 bits per heavy atom. The van der Waals surface area contributed by atoms with Crippen molar-refractivity contribution >= 4 is 23.4 Å². The summed E-state index contributed by atoms with van der Waals surface area (Å²) < 4.78 is 0. The van der Waals surface area contributed by atoms with Gasteiger partial charge in [-0.3, -0.25) is 4.79 Å². The van der Waals surface area contributed by atoms with Crippen LogP contribution in [0.1, 0.15) is 24.0 Å². The number of pyridine rings is 1. The first-order chi connectivity index (χ1) is 15.7. The number of aliphatic hydroxyl groups excluding tert-OH is 1. The zero-order valence-electron chi connectivity index (χ0n) is 18.7. The Bertz CT molecular complexity index is 1270. The van der Waals surface area contributed by atoms with Crippen molar-refractivity contribution in [2.45, 2.75) is 25.9 Å². The Kier molecular flexibility index (Phi) is 9.18. The molecule has 2 aromatic carbocycles. The summed E-state index contributed by atoms with van der Waals surface area (Å²) in [7, 11) is 0. The molecule has 10 heteroatoms. The molecule has 0 aliphatic heterocycles. The van der Waals surface area contributed by atoms with E-state index in [4.69, 9.17) is 5.73 Å². The largest absolute Gasteiger partial charge is 1.00 e. The second kappa shape index (κ2) is 11.6. The van der Waals surface area contributed by atoms with Crippen molar-refractivity contribution in [3.8, 4) is 34.2 Å². The van der Waals surface area contributed by atoms with Crippen molar-refractivity contribution in [3.63, 3.8) is 0 Å². The quantitative estimate of drug-likeness (QED) is 0.310. The fourth-order valence-electron chi connectivity index (χ4n) is 3.47. The molecular formula is C24H21N4NaO5. The van der Waals surface area contributed by atoms with E-state index in [0.29, 0.717) is 33.6 Å². The number of nitrogens with zero attached hydrogens (tertiary/aromatic N) is 2. The number of carboxylic acids is 1. The molecule has 9 nitrogen and oxygen atoms in total. The van der Waals surface area contributed by atoms with Gasteiger partial charge in [0.05, 0.1) is 5.69 Å². The van der Waals surface area contributed by atoms with Gasteiger partial charge in [0, 0.05) is 22.8 Å². The van der Waals surface area contributed by atoms with Crippen molar-refractivity contribution in [2.24, 2.45) is 0 Å². The predicted octanol–water partition coefficient (Wildman–Crippen LogP) is -1.28. The normalized spacial score (nSPS) is 11.1. The van der Waals surface area contributed by atoms with Gasteiger partial charge in [-0.2, -0.15) is 5.26 Å². The third-order valence-electron chi connectivity index (χ3n) is 5.08. The Morgan fingerprint density at radius 2 is 1.94 bits per heavy atom. The van der Waals surface area contributed by atoms with Gasteiger partial charge in [0.15, 0.2) is 0 Å². The van der Waals surface area contributed by atoms with Crippen molar-refractivity contribution in [1.29, 1.82) is 5.26 Å². The number of nitrogens with two attached hydrogens (primary N) is 1. The first-order valence-corrected chi connectivity index (χ1v) is 10.0. The van der Waals surface area contributed by atoms with Crippen LogP contribution in [0, 0.1) is 18.3 Å². The summed E-state index contributed by atoms with van der Waals surface area (Å²) in [5.41, 5.74) is 9.03. The monoisotopic (exact) mass is 468 g/mol. The van der Waals surface area contributed by atoms with Gasteiger partial charge in [-0.15, -0.1) is 0 Å². The number of aliphatic hydroxyl groups is 1. The zero-order valence-corrected chi connectivity index (χ0v) is 20.7. The molecule has 3 rings (SSSR count). The molecule has 168 valence electrons. The van der Waals surface area contributed by atoms with Gasteiger partial charge in [-0.1, -0.05) is 24.3 Å². The molecule has 1 heterocycles. The van der Waals surface area contributed by atoms with Gasteiger partial charge in [-0.25, -0.2) is 4.98 Å². The van der Waals surface area contributed by atoms with E-state index < -0.39 is 24.4 Å². The van der Waals surface area contributed by atoms with Crippen LogP contribution < -0.4 is 45.7 Å². The van der Waals surface area contributed by atoms with Gasteiger partial charge < -0.3 is 31.2 Å². The Balaban J connectivity index is 0.00000408. The molecule has 0 bridgehead atoms. The van der Waals surface area contributed by atoms with E-state index in [2.05, 4.69) is 16.4 Å². The van der Waals surface area contributed by atoms with E-state index >= 15 is 0 Å². The number of nitriles is 1. The van der Waals surface area contributed by atoms with E-state index in [1.54, 1.807) is 49.4 Å². The van der Waals surface area contributed by atoms with Crippen molar-refractivity contribution in [3.05, 3.63) is 59.7 Å². The smallest absolute Gasteiger partial charge is 0.550 e. The van der Waals surface area contributed by atoms with Crippen LogP contribution in [0.3, 0.4) is 0 Å². The maximum absolute atomic E-state index is 12.2. The molecule has 0 spiro atoms. The molecular weight excluding hydrogens is 447 g/mol. The van der Waals surface area contributed by atoms with Gasteiger partial charge in [-0.05, 0) is 55.2 Å². The molecule has 0 fully saturated rings. The predicted molar refractivity (Wildman–Crippen MR) is 120 cm³/mol. The van der Waals surface area contributed by atoms with Gasteiger partial charge in [0.1, 0.15) is 29.3 Å². The number of nitrogen functional groups attached to an aromatic ring is 1. The number of phenols is 1. The van der Waals surface area contributed by atoms with E-state index in [1.807, 2.05) is 0 Å². The van der Waals surface area contributed by atoms with Crippen molar-refractivity contribution in [1.82, 2.24) is 4.98 Å². The van der Waals surface area contributed by atoms with E-state index in [-0.39, 0.29) is 53.1 Å². The summed E-state index contributed by atoms with van der Waals surface area (Å²) in [6.07, 6.45) is -2.26. The summed E-state index contributed by atoms with van der Waals surface area (Å²) in [6.45, 7) is 1.75. The number of para-hydroxylation sites is 1. The molecule has 1 atom stereocenters. The minimum atomic E-state index is -1.52. The first kappa shape index (κ1) is 26.8. The number of benzene rings is 2. The number of carboxylic acid groups (broad SMARTS) is 1. The molecule has 0 saturated carbocycles. The third-order valence-corrected chi connectivity index (χ3v) is 5.08. The summed E-state index contributed by atoms with van der Waals surface area (Å²) in [5, 5.41) is 42.9. The van der Waals surface area contributed by atoms with E-state index in [0.717, 1.165) is 0 Å². The minimum Gasteiger partial charge on any atom is -0.550 e. The zero-order chi connectivity index (χ0) is 24.1. The number of phenolic OH excluding ortho intramolecular Hbond substituents is 1. The van der Waals surface area contributed by atoms with Crippen LogP contribution in [-0.4, -0.2) is 33.2 Å². The van der Waals surface area contributed by atoms with Crippen LogP contribution in [-0.2, 0) is 9.59 Å². The number of nitrogens with one attached hydrogen (secondary N) is 1. The number of hydrogen-bond acceptors (Lipinski definition) is 8. The standard InChI is InChI=1S/C24H22N4O5.Na/c1-13-21(17(12-25)23(26)28-22(13)16-7-2-3-8-18(16)29)14-5-4-6-15(11-14)27-24(33)19(30)9-10-20(31)32;/h2-8,11,19,29-30H,9-10H2,1H3,(H2,26,28)(H,27,33)(H,31,32);/q;+1/p-1. The summed E-state index contributed by atoms with van der Waals surface area (Å²) in [5.74, 6) is -2.13. The molecule has 1 amide bonds. The van der Waals surface area contributed by atoms with Crippen LogP contribution in [0.25, 0.3) is 22.4 Å². The number of aromatic hydroxyl groups is 1. The summed E-state index contributed by atoms with van der Waals surface area (Å²) in [6, 6.07) is 15.2. The number of carbonyl (C=O) groups is 2. The molecule has 1 unspecified atom stereocenters. The summed E-state index contributed by atoms with van der Waals surface area (Å²) >= 11 is 0. The number of carbonyl (C=O) groups excluding carboxylic acids is 2. The fourth-order valence-corrected chi connectivity index (χ4v) is 3.47. The molecule has 5 N–H and O–H groups in total. The Morgan fingerprint density at radius 3 is 2.59 bits per heavy atom. The molecule has 3 aromatic rings. The van der Waals surface area contributed by atoms with Crippen LogP contribution in [0.5, 0.6) is 5.75 Å². The van der Waals surface area contributed by atoms with Gasteiger partial charge in [0.2, 0.25) is 0 Å². The average molecular weight is 468 g/mol. The van der Waals surface area contributed by atoms with Crippen molar-refractivity contribution < 1.29 is 54.5 Å². The van der Waals surface area contributed by atoms with Crippen LogP contribution in [0.2, 0.25) is 0 Å². The Labute approximate surface area is 218 Å². The van der Waals surface area contributed by atoms with E-state index in [1.165, 1.54) is 6.07 Å². The van der Waals surface area contributed by atoms with Crippen LogP contribution in [0.4, 0.5) is 11.5 Å². The van der Waals surface area contributed by atoms with Crippen LogP contribution >= 0.6 is 0 Å². The van der Waals surface area contributed by atoms with Crippen molar-refractivity contribution in [2.75, 3.05) is 11.1 Å². The topological polar surface area (TPSA) is 172 Å². The van der Waals surface area contributed by atoms with Gasteiger partial charge >= 0.3 is 29.6 Å². The number of hydrogen-bond donors (Lipinski definition) is 4. The molecule has 0 aliphatic rings. The summed E-state index contributed by atoms with van der Waals surface area (Å²) in [4.78, 5) is 27.1. The van der Waals surface area contributed by atoms with Gasteiger partial charge in [0.25, 0.3) is 5.91 Å². The molecule has 0 aliphatic carbocycles. The third kappa shape index (κ3) is 5.92. The number of rotatable bonds is 7. The average Bonchev–Trinajstić information content (AvgIpc) is 2.79. The number of aliphatic carboxylic acids is 1. The molecule has 34 heavy (non-hydrogen) atoms. The molecule has 0 saturated heterocycles. The number of aromatic nitrogens is 1. The molecule has 1 aromatic heterocycles.